The first-order valence-electron chi connectivity index (χ1n) is 8.03. The minimum Gasteiger partial charge on any atom is -0.272 e. The molecule has 2 amide bonds. The Labute approximate surface area is 160 Å². The molecule has 3 aromatic carbocycles. The highest BCUT2D eigenvalue weighted by Gasteiger charge is 2.10. The summed E-state index contributed by atoms with van der Waals surface area (Å²) in [5, 5.41) is 2.71. The first-order chi connectivity index (χ1) is 12.6. The van der Waals surface area contributed by atoms with Crippen molar-refractivity contribution >= 4 is 45.9 Å². The summed E-state index contributed by atoms with van der Waals surface area (Å²) in [6, 6.07) is 21.0. The lowest BCUT2D eigenvalue weighted by Gasteiger charge is -2.09. The van der Waals surface area contributed by atoms with Crippen molar-refractivity contribution in [2.45, 2.75) is 5.75 Å². The van der Waals surface area contributed by atoms with Gasteiger partial charge in [-0.3, -0.25) is 20.4 Å². The zero-order chi connectivity index (χ0) is 18.4. The van der Waals surface area contributed by atoms with Crippen molar-refractivity contribution in [1.29, 1.82) is 0 Å². The largest absolute Gasteiger partial charge is 0.272 e. The molecular formula is C20H17ClN2O2S. The van der Waals surface area contributed by atoms with Gasteiger partial charge in [-0.05, 0) is 28.5 Å². The summed E-state index contributed by atoms with van der Waals surface area (Å²) in [6.45, 7) is 0. The molecule has 6 heteroatoms. The van der Waals surface area contributed by atoms with Gasteiger partial charge >= 0.3 is 0 Å². The summed E-state index contributed by atoms with van der Waals surface area (Å²) < 4.78 is 0. The molecular weight excluding hydrogens is 368 g/mol. The van der Waals surface area contributed by atoms with Gasteiger partial charge in [0.2, 0.25) is 5.91 Å². The molecule has 0 unspecified atom stereocenters. The van der Waals surface area contributed by atoms with Crippen LogP contribution >= 0.6 is 23.4 Å². The number of thioether (sulfide) groups is 1. The van der Waals surface area contributed by atoms with E-state index in [1.165, 1.54) is 28.1 Å². The number of hydrogen-bond acceptors (Lipinski definition) is 3. The third-order valence-electron chi connectivity index (χ3n) is 3.80. The minimum atomic E-state index is -0.442. The van der Waals surface area contributed by atoms with Crippen molar-refractivity contribution in [2.24, 2.45) is 0 Å². The van der Waals surface area contributed by atoms with Crippen LogP contribution in [0.3, 0.4) is 0 Å². The van der Waals surface area contributed by atoms with Crippen LogP contribution in [-0.2, 0) is 10.5 Å². The Morgan fingerprint density at radius 2 is 1.62 bits per heavy atom. The molecule has 2 N–H and O–H groups in total. The Hall–Kier alpha value is -2.50. The maximum atomic E-state index is 12.0. The summed E-state index contributed by atoms with van der Waals surface area (Å²) >= 11 is 7.45. The van der Waals surface area contributed by atoms with E-state index in [0.717, 1.165) is 0 Å². The molecule has 4 nitrogen and oxygen atoms in total. The standard InChI is InChI=1S/C20H17ClN2O2S/c21-18-11-4-3-10-17(18)20(25)23-22-19(24)13-26-12-15-8-5-7-14-6-1-2-9-16(14)15/h1-11H,12-13H2,(H,22,24)(H,23,25). The van der Waals surface area contributed by atoms with Gasteiger partial charge in [-0.25, -0.2) is 0 Å². The average Bonchev–Trinajstić information content (AvgIpc) is 2.66. The van der Waals surface area contributed by atoms with E-state index in [1.54, 1.807) is 24.3 Å². The van der Waals surface area contributed by atoms with Gasteiger partial charge in [-0.2, -0.15) is 0 Å². The Bertz CT molecular complexity index is 941. The minimum absolute atomic E-state index is 0.242. The van der Waals surface area contributed by atoms with Crippen LogP contribution in [0, 0.1) is 0 Å². The van der Waals surface area contributed by atoms with Gasteiger partial charge in [0, 0.05) is 5.75 Å². The van der Waals surface area contributed by atoms with Crippen molar-refractivity contribution in [1.82, 2.24) is 10.9 Å². The molecule has 132 valence electrons. The first kappa shape index (κ1) is 18.3. The van der Waals surface area contributed by atoms with Crippen LogP contribution in [0.2, 0.25) is 5.02 Å². The smallest absolute Gasteiger partial charge is 0.271 e. The molecule has 0 aliphatic heterocycles. The van der Waals surface area contributed by atoms with E-state index in [0.29, 0.717) is 16.3 Å². The number of fused-ring (bicyclic) bond motifs is 1. The van der Waals surface area contributed by atoms with E-state index in [2.05, 4.69) is 35.1 Å². The molecule has 0 aliphatic rings. The topological polar surface area (TPSA) is 58.2 Å². The third kappa shape index (κ3) is 4.56. The Kier molecular flexibility index (Phi) is 6.15. The van der Waals surface area contributed by atoms with Crippen molar-refractivity contribution < 1.29 is 9.59 Å². The molecule has 0 saturated heterocycles. The van der Waals surface area contributed by atoms with Crippen LogP contribution in [-0.4, -0.2) is 17.6 Å². The normalized spacial score (nSPS) is 10.5. The van der Waals surface area contributed by atoms with Gasteiger partial charge < -0.3 is 0 Å². The summed E-state index contributed by atoms with van der Waals surface area (Å²) in [6.07, 6.45) is 0. The number of rotatable bonds is 5. The van der Waals surface area contributed by atoms with Gasteiger partial charge in [0.25, 0.3) is 5.91 Å². The van der Waals surface area contributed by atoms with Gasteiger partial charge in [-0.1, -0.05) is 66.2 Å². The fraction of sp³-hybridized carbons (Fsp3) is 0.100. The molecule has 0 spiro atoms. The number of carbonyl (C=O) groups is 2. The van der Waals surface area contributed by atoms with Gasteiger partial charge in [0.15, 0.2) is 0 Å². The second-order valence-electron chi connectivity index (χ2n) is 5.61. The van der Waals surface area contributed by atoms with Crippen LogP contribution in [0.1, 0.15) is 15.9 Å². The number of hydrogen-bond donors (Lipinski definition) is 2. The molecule has 0 aromatic heterocycles. The van der Waals surface area contributed by atoms with E-state index in [-0.39, 0.29) is 11.7 Å². The molecule has 0 bridgehead atoms. The van der Waals surface area contributed by atoms with E-state index < -0.39 is 5.91 Å². The lowest BCUT2D eigenvalue weighted by Crippen LogP contribution is -2.42. The fourth-order valence-electron chi connectivity index (χ4n) is 2.55. The monoisotopic (exact) mass is 384 g/mol. The molecule has 0 aliphatic carbocycles. The van der Waals surface area contributed by atoms with E-state index in [4.69, 9.17) is 11.6 Å². The molecule has 0 atom stereocenters. The lowest BCUT2D eigenvalue weighted by molar-refractivity contribution is -0.119. The van der Waals surface area contributed by atoms with E-state index >= 15 is 0 Å². The highest BCUT2D eigenvalue weighted by molar-refractivity contribution is 7.99. The van der Waals surface area contributed by atoms with Crippen LogP contribution < -0.4 is 10.9 Å². The number of nitrogens with one attached hydrogen (secondary N) is 2. The number of hydrazine groups is 1. The highest BCUT2D eigenvalue weighted by atomic mass is 35.5. The SMILES string of the molecule is O=C(CSCc1cccc2ccccc12)NNC(=O)c1ccccc1Cl. The Morgan fingerprint density at radius 3 is 2.46 bits per heavy atom. The van der Waals surface area contributed by atoms with Crippen LogP contribution in [0.4, 0.5) is 0 Å². The molecule has 0 saturated carbocycles. The predicted octanol–water partition coefficient (Wildman–Crippen LogP) is 4.19. The first-order valence-corrected chi connectivity index (χ1v) is 9.56. The van der Waals surface area contributed by atoms with Gasteiger partial charge in [0.1, 0.15) is 0 Å². The number of halogens is 1. The Balaban J connectivity index is 1.49. The fourth-order valence-corrected chi connectivity index (χ4v) is 3.60. The summed E-state index contributed by atoms with van der Waals surface area (Å²) in [7, 11) is 0. The number of benzene rings is 3. The second-order valence-corrected chi connectivity index (χ2v) is 7.01. The zero-order valence-electron chi connectivity index (χ0n) is 13.9. The Morgan fingerprint density at radius 1 is 0.885 bits per heavy atom. The molecule has 0 radical (unpaired) electrons. The molecule has 3 rings (SSSR count). The molecule has 0 heterocycles. The number of amides is 2. The van der Waals surface area contributed by atoms with Crippen molar-refractivity contribution in [2.75, 3.05) is 5.75 Å². The molecule has 3 aromatic rings. The van der Waals surface area contributed by atoms with E-state index in [9.17, 15) is 9.59 Å². The third-order valence-corrected chi connectivity index (χ3v) is 5.12. The molecule has 26 heavy (non-hydrogen) atoms. The maximum absolute atomic E-state index is 12.0. The summed E-state index contributed by atoms with van der Waals surface area (Å²) in [5.41, 5.74) is 6.29. The van der Waals surface area contributed by atoms with Crippen molar-refractivity contribution in [3.8, 4) is 0 Å². The van der Waals surface area contributed by atoms with E-state index in [1.807, 2.05) is 18.2 Å². The van der Waals surface area contributed by atoms with Crippen molar-refractivity contribution in [3.05, 3.63) is 82.9 Å². The predicted molar refractivity (Wildman–Crippen MR) is 107 cm³/mol. The van der Waals surface area contributed by atoms with Crippen LogP contribution in [0.15, 0.2) is 66.7 Å². The van der Waals surface area contributed by atoms with Crippen molar-refractivity contribution in [3.63, 3.8) is 0 Å². The van der Waals surface area contributed by atoms with Crippen LogP contribution in [0.5, 0.6) is 0 Å². The summed E-state index contributed by atoms with van der Waals surface area (Å²) in [4.78, 5) is 23.9. The zero-order valence-corrected chi connectivity index (χ0v) is 15.4. The lowest BCUT2D eigenvalue weighted by atomic mass is 10.1. The maximum Gasteiger partial charge on any atom is 0.271 e. The second kappa shape index (κ2) is 8.74. The molecule has 0 fully saturated rings. The number of carbonyl (C=O) groups excluding carboxylic acids is 2. The highest BCUT2D eigenvalue weighted by Crippen LogP contribution is 2.22. The summed E-state index contributed by atoms with van der Waals surface area (Å²) in [5.74, 6) is 0.248. The van der Waals surface area contributed by atoms with Crippen LogP contribution in [0.25, 0.3) is 10.8 Å². The average molecular weight is 385 g/mol. The quantitative estimate of drug-likeness (QED) is 0.648. The van der Waals surface area contributed by atoms with Gasteiger partial charge in [0.05, 0.1) is 16.3 Å². The van der Waals surface area contributed by atoms with Gasteiger partial charge in [-0.15, -0.1) is 11.8 Å².